The van der Waals surface area contributed by atoms with Gasteiger partial charge in [0.25, 0.3) is 10.0 Å². The van der Waals surface area contributed by atoms with Crippen molar-refractivity contribution in [3.63, 3.8) is 0 Å². The van der Waals surface area contributed by atoms with Crippen LogP contribution in [-0.2, 0) is 14.8 Å². The summed E-state index contributed by atoms with van der Waals surface area (Å²) in [7, 11) is -3.72. The molecule has 1 aromatic carbocycles. The predicted molar refractivity (Wildman–Crippen MR) is 84.3 cm³/mol. The summed E-state index contributed by atoms with van der Waals surface area (Å²) >= 11 is 6.71. The number of rotatable bonds is 5. The van der Waals surface area contributed by atoms with E-state index in [0.717, 1.165) is 22.3 Å². The molecule has 22 heavy (non-hydrogen) atoms. The fourth-order valence-electron chi connectivity index (χ4n) is 1.57. The van der Waals surface area contributed by atoms with Crippen LogP contribution in [0.3, 0.4) is 0 Å². The number of hydrogen-bond donors (Lipinski definition) is 2. The van der Waals surface area contributed by atoms with Gasteiger partial charge in [-0.3, -0.25) is 4.79 Å². The Hall–Kier alpha value is -1.48. The Morgan fingerprint density at radius 2 is 2.05 bits per heavy atom. The van der Waals surface area contributed by atoms with Crippen molar-refractivity contribution < 1.29 is 17.6 Å². The van der Waals surface area contributed by atoms with Crippen LogP contribution >= 0.6 is 22.9 Å². The standard InChI is InChI=1S/C13H12ClFN2O3S2/c1-8-2-5-13(21-8)22(19,20)16-7-12(18)17-9-3-4-11(15)10(14)6-9/h2-6,16H,7H2,1H3,(H,17,18). The third-order valence-electron chi connectivity index (χ3n) is 2.61. The van der Waals surface area contributed by atoms with Crippen LogP contribution in [0.1, 0.15) is 4.88 Å². The van der Waals surface area contributed by atoms with Gasteiger partial charge in [-0.05, 0) is 37.3 Å². The van der Waals surface area contributed by atoms with E-state index in [0.29, 0.717) is 0 Å². The van der Waals surface area contributed by atoms with E-state index in [4.69, 9.17) is 11.6 Å². The summed E-state index contributed by atoms with van der Waals surface area (Å²) in [6.07, 6.45) is 0. The van der Waals surface area contributed by atoms with E-state index >= 15 is 0 Å². The lowest BCUT2D eigenvalue weighted by Gasteiger charge is -2.07. The first kappa shape index (κ1) is 16.9. The van der Waals surface area contributed by atoms with Gasteiger partial charge in [-0.2, -0.15) is 0 Å². The molecule has 1 amide bonds. The third kappa shape index (κ3) is 4.26. The number of carbonyl (C=O) groups excluding carboxylic acids is 1. The van der Waals surface area contributed by atoms with Gasteiger partial charge in [-0.15, -0.1) is 11.3 Å². The lowest BCUT2D eigenvalue weighted by atomic mass is 10.3. The Balaban J connectivity index is 1.96. The van der Waals surface area contributed by atoms with Gasteiger partial charge in [0.1, 0.15) is 10.0 Å². The van der Waals surface area contributed by atoms with E-state index in [2.05, 4.69) is 10.0 Å². The minimum absolute atomic E-state index is 0.132. The number of nitrogens with one attached hydrogen (secondary N) is 2. The maximum Gasteiger partial charge on any atom is 0.250 e. The van der Waals surface area contributed by atoms with E-state index in [1.54, 1.807) is 13.0 Å². The van der Waals surface area contributed by atoms with Crippen molar-refractivity contribution in [2.24, 2.45) is 0 Å². The number of hydrogen-bond acceptors (Lipinski definition) is 4. The Bertz CT molecular complexity index is 805. The maximum atomic E-state index is 13.0. The van der Waals surface area contributed by atoms with Crippen LogP contribution in [0.4, 0.5) is 10.1 Å². The van der Waals surface area contributed by atoms with E-state index in [-0.39, 0.29) is 14.9 Å². The van der Waals surface area contributed by atoms with Crippen molar-refractivity contribution in [1.82, 2.24) is 4.72 Å². The van der Waals surface area contributed by atoms with Crippen LogP contribution < -0.4 is 10.0 Å². The summed E-state index contributed by atoms with van der Waals surface area (Å²) in [5, 5.41) is 2.29. The molecule has 2 N–H and O–H groups in total. The molecule has 0 atom stereocenters. The van der Waals surface area contributed by atoms with Gasteiger partial charge in [0, 0.05) is 10.6 Å². The molecule has 0 aliphatic heterocycles. The second kappa shape index (κ2) is 6.74. The van der Waals surface area contributed by atoms with Gasteiger partial charge in [-0.1, -0.05) is 11.6 Å². The normalized spacial score (nSPS) is 11.4. The van der Waals surface area contributed by atoms with Gasteiger partial charge >= 0.3 is 0 Å². The fraction of sp³-hybridized carbons (Fsp3) is 0.154. The van der Waals surface area contributed by atoms with E-state index < -0.39 is 28.3 Å². The Kier molecular flexibility index (Phi) is 5.17. The van der Waals surface area contributed by atoms with Crippen molar-refractivity contribution in [2.75, 3.05) is 11.9 Å². The number of thiophene rings is 1. The van der Waals surface area contributed by atoms with Crippen LogP contribution in [0.15, 0.2) is 34.5 Å². The van der Waals surface area contributed by atoms with Crippen molar-refractivity contribution in [2.45, 2.75) is 11.1 Å². The van der Waals surface area contributed by atoms with Crippen LogP contribution in [0.5, 0.6) is 0 Å². The van der Waals surface area contributed by atoms with Crippen LogP contribution in [-0.4, -0.2) is 20.9 Å². The molecule has 2 aromatic rings. The first-order chi connectivity index (χ1) is 10.3. The fourth-order valence-corrected chi connectivity index (χ4v) is 4.06. The molecule has 5 nitrogen and oxygen atoms in total. The summed E-state index contributed by atoms with van der Waals surface area (Å²) in [5.41, 5.74) is 0.280. The number of benzene rings is 1. The second-order valence-electron chi connectivity index (χ2n) is 4.37. The highest BCUT2D eigenvalue weighted by molar-refractivity contribution is 7.91. The lowest BCUT2D eigenvalue weighted by molar-refractivity contribution is -0.115. The molecule has 0 radical (unpaired) electrons. The Morgan fingerprint density at radius 3 is 2.64 bits per heavy atom. The maximum absolute atomic E-state index is 13.0. The first-order valence-corrected chi connectivity index (χ1v) is 8.77. The second-order valence-corrected chi connectivity index (χ2v) is 8.06. The van der Waals surface area contributed by atoms with Crippen molar-refractivity contribution in [3.05, 3.63) is 46.0 Å². The van der Waals surface area contributed by atoms with Crippen molar-refractivity contribution in [1.29, 1.82) is 0 Å². The number of aryl methyl sites for hydroxylation is 1. The van der Waals surface area contributed by atoms with Gasteiger partial charge in [0.15, 0.2) is 0 Å². The molecule has 0 fully saturated rings. The average molecular weight is 363 g/mol. The molecule has 0 spiro atoms. The molecule has 1 heterocycles. The van der Waals surface area contributed by atoms with Gasteiger partial charge in [0.2, 0.25) is 5.91 Å². The highest BCUT2D eigenvalue weighted by Crippen LogP contribution is 2.21. The molecule has 9 heteroatoms. The van der Waals surface area contributed by atoms with Crippen molar-refractivity contribution >= 4 is 44.6 Å². The zero-order valence-corrected chi connectivity index (χ0v) is 13.8. The molecule has 0 aliphatic rings. The summed E-state index contributed by atoms with van der Waals surface area (Å²) in [6, 6.07) is 6.83. The highest BCUT2D eigenvalue weighted by atomic mass is 35.5. The summed E-state index contributed by atoms with van der Waals surface area (Å²) in [4.78, 5) is 12.6. The minimum Gasteiger partial charge on any atom is -0.325 e. The topological polar surface area (TPSA) is 75.3 Å². The van der Waals surface area contributed by atoms with Gasteiger partial charge in [-0.25, -0.2) is 17.5 Å². The average Bonchev–Trinajstić information content (AvgIpc) is 2.88. The Morgan fingerprint density at radius 1 is 1.32 bits per heavy atom. The number of sulfonamides is 1. The highest BCUT2D eigenvalue weighted by Gasteiger charge is 2.17. The summed E-state index contributed by atoms with van der Waals surface area (Å²) < 4.78 is 39.2. The molecule has 0 bridgehead atoms. The van der Waals surface area contributed by atoms with Gasteiger partial charge < -0.3 is 5.32 Å². The minimum atomic E-state index is -3.72. The van der Waals surface area contributed by atoms with E-state index in [1.165, 1.54) is 18.2 Å². The zero-order valence-electron chi connectivity index (χ0n) is 11.4. The van der Waals surface area contributed by atoms with E-state index in [1.807, 2.05) is 0 Å². The molecular weight excluding hydrogens is 351 g/mol. The van der Waals surface area contributed by atoms with Crippen molar-refractivity contribution in [3.8, 4) is 0 Å². The van der Waals surface area contributed by atoms with Gasteiger partial charge in [0.05, 0.1) is 11.6 Å². The predicted octanol–water partition coefficient (Wildman–Crippen LogP) is 2.77. The smallest absolute Gasteiger partial charge is 0.250 e. The Labute approximate surface area is 136 Å². The molecule has 0 saturated heterocycles. The molecular formula is C13H12ClFN2O3S2. The number of halogens is 2. The molecule has 118 valence electrons. The SMILES string of the molecule is Cc1ccc(S(=O)(=O)NCC(=O)Nc2ccc(F)c(Cl)c2)s1. The molecule has 0 aliphatic carbocycles. The quantitative estimate of drug-likeness (QED) is 0.858. The van der Waals surface area contributed by atoms with Crippen LogP contribution in [0.25, 0.3) is 0 Å². The first-order valence-electron chi connectivity index (χ1n) is 6.09. The number of anilines is 1. The van der Waals surface area contributed by atoms with E-state index in [9.17, 15) is 17.6 Å². The lowest BCUT2D eigenvalue weighted by Crippen LogP contribution is -2.32. The number of amides is 1. The van der Waals surface area contributed by atoms with Crippen LogP contribution in [0, 0.1) is 12.7 Å². The third-order valence-corrected chi connectivity index (χ3v) is 5.79. The zero-order chi connectivity index (χ0) is 16.3. The molecule has 2 rings (SSSR count). The number of carbonyl (C=O) groups is 1. The summed E-state index contributed by atoms with van der Waals surface area (Å²) in [6.45, 7) is 1.35. The summed E-state index contributed by atoms with van der Waals surface area (Å²) in [5.74, 6) is -1.19. The monoisotopic (exact) mass is 362 g/mol. The molecule has 0 unspecified atom stereocenters. The largest absolute Gasteiger partial charge is 0.325 e. The molecule has 1 aromatic heterocycles. The molecule has 0 saturated carbocycles. The van der Waals surface area contributed by atoms with Crippen LogP contribution in [0.2, 0.25) is 5.02 Å².